The first-order valence-corrected chi connectivity index (χ1v) is 5.63. The van der Waals surface area contributed by atoms with Gasteiger partial charge in [-0.25, -0.2) is 5.43 Å². The van der Waals surface area contributed by atoms with Crippen molar-refractivity contribution in [1.29, 1.82) is 0 Å². The molecule has 84 valence electrons. The minimum Gasteiger partial charge on any atom is -0.457 e. The molecule has 2 aromatic heterocycles. The third-order valence-corrected chi connectivity index (χ3v) is 3.04. The average molecular weight is 282 g/mol. The molecule has 16 heavy (non-hydrogen) atoms. The van der Waals surface area contributed by atoms with E-state index in [0.717, 1.165) is 16.8 Å². The predicted octanol–water partition coefficient (Wildman–Crippen LogP) is 2.30. The van der Waals surface area contributed by atoms with E-state index >= 15 is 0 Å². The van der Waals surface area contributed by atoms with Crippen LogP contribution in [0.4, 0.5) is 0 Å². The van der Waals surface area contributed by atoms with Gasteiger partial charge >= 0.3 is 0 Å². The van der Waals surface area contributed by atoms with Crippen molar-refractivity contribution in [3.05, 3.63) is 52.1 Å². The minimum absolute atomic E-state index is 0.124. The van der Waals surface area contributed by atoms with Gasteiger partial charge in [-0.3, -0.25) is 10.8 Å². The quantitative estimate of drug-likeness (QED) is 0.669. The Bertz CT molecular complexity index is 466. The molecule has 0 aliphatic carbocycles. The van der Waals surface area contributed by atoms with Gasteiger partial charge in [0.25, 0.3) is 0 Å². The van der Waals surface area contributed by atoms with Crippen LogP contribution in [-0.2, 0) is 0 Å². The molecule has 0 amide bonds. The molecule has 2 aromatic rings. The number of aromatic nitrogens is 1. The van der Waals surface area contributed by atoms with Crippen LogP contribution in [0.3, 0.4) is 0 Å². The van der Waals surface area contributed by atoms with Crippen LogP contribution < -0.4 is 11.3 Å². The molecule has 0 spiro atoms. The fourth-order valence-corrected chi connectivity index (χ4v) is 1.99. The molecule has 0 bridgehead atoms. The Kier molecular flexibility index (Phi) is 3.38. The number of hydrazine groups is 1. The monoisotopic (exact) mass is 281 g/mol. The third-order valence-electron chi connectivity index (χ3n) is 2.39. The maximum atomic E-state index is 5.56. The van der Waals surface area contributed by atoms with Crippen LogP contribution in [0.2, 0.25) is 0 Å². The van der Waals surface area contributed by atoms with Gasteiger partial charge in [-0.15, -0.1) is 0 Å². The van der Waals surface area contributed by atoms with E-state index in [9.17, 15) is 0 Å². The van der Waals surface area contributed by atoms with Gasteiger partial charge < -0.3 is 4.42 Å². The molecule has 2 rings (SSSR count). The minimum atomic E-state index is -0.124. The summed E-state index contributed by atoms with van der Waals surface area (Å²) in [6.45, 7) is 1.95. The van der Waals surface area contributed by atoms with Crippen LogP contribution in [0.1, 0.15) is 22.9 Å². The van der Waals surface area contributed by atoms with Gasteiger partial charge in [0.15, 0.2) is 4.67 Å². The van der Waals surface area contributed by atoms with E-state index in [-0.39, 0.29) is 6.04 Å². The molecular weight excluding hydrogens is 270 g/mol. The fourth-order valence-electron chi connectivity index (χ4n) is 1.53. The zero-order chi connectivity index (χ0) is 11.5. The topological polar surface area (TPSA) is 64.1 Å². The Morgan fingerprint density at radius 2 is 2.25 bits per heavy atom. The summed E-state index contributed by atoms with van der Waals surface area (Å²) in [5.41, 5.74) is 5.68. The maximum Gasteiger partial charge on any atom is 0.174 e. The van der Waals surface area contributed by atoms with E-state index in [1.54, 1.807) is 12.5 Å². The van der Waals surface area contributed by atoms with E-state index in [1.165, 1.54) is 0 Å². The molecule has 0 saturated carbocycles. The Hall–Kier alpha value is -1.17. The summed E-state index contributed by atoms with van der Waals surface area (Å²) >= 11 is 3.34. The highest BCUT2D eigenvalue weighted by Gasteiger charge is 2.17. The second-order valence-corrected chi connectivity index (χ2v) is 4.20. The number of nitrogens with one attached hydrogen (secondary N) is 1. The zero-order valence-electron chi connectivity index (χ0n) is 8.77. The number of furan rings is 1. The molecule has 0 fully saturated rings. The lowest BCUT2D eigenvalue weighted by molar-refractivity contribution is 0.526. The molecule has 4 nitrogen and oxygen atoms in total. The number of hydrogen-bond acceptors (Lipinski definition) is 4. The molecule has 0 aliphatic rings. The first kappa shape index (κ1) is 11.3. The summed E-state index contributed by atoms with van der Waals surface area (Å²) in [5, 5.41) is 0. The SMILES string of the molecule is Cc1ccc(C(NN)c2ccoc2Br)cn1. The highest BCUT2D eigenvalue weighted by molar-refractivity contribution is 9.10. The van der Waals surface area contributed by atoms with Crippen molar-refractivity contribution in [3.8, 4) is 0 Å². The largest absolute Gasteiger partial charge is 0.457 e. The molecule has 1 unspecified atom stereocenters. The summed E-state index contributed by atoms with van der Waals surface area (Å²) in [6.07, 6.45) is 3.42. The molecule has 0 aromatic carbocycles. The van der Waals surface area contributed by atoms with Crippen molar-refractivity contribution in [2.45, 2.75) is 13.0 Å². The molecular formula is C11H12BrN3O. The molecule has 5 heteroatoms. The van der Waals surface area contributed by atoms with Crippen molar-refractivity contribution < 1.29 is 4.42 Å². The van der Waals surface area contributed by atoms with E-state index in [2.05, 4.69) is 26.3 Å². The average Bonchev–Trinajstić information content (AvgIpc) is 2.69. The van der Waals surface area contributed by atoms with Crippen molar-refractivity contribution in [1.82, 2.24) is 10.4 Å². The van der Waals surface area contributed by atoms with Gasteiger partial charge in [-0.2, -0.15) is 0 Å². The van der Waals surface area contributed by atoms with Gasteiger partial charge in [0.2, 0.25) is 0 Å². The standard InChI is InChI=1S/C11H12BrN3O/c1-7-2-3-8(6-14-7)10(15-13)9-4-5-16-11(9)12/h2-6,10,15H,13H2,1H3. The third kappa shape index (κ3) is 2.16. The van der Waals surface area contributed by atoms with Crippen LogP contribution >= 0.6 is 15.9 Å². The zero-order valence-corrected chi connectivity index (χ0v) is 10.4. The van der Waals surface area contributed by atoms with Gasteiger partial charge in [-0.05, 0) is 40.5 Å². The van der Waals surface area contributed by atoms with Crippen molar-refractivity contribution in [3.63, 3.8) is 0 Å². The van der Waals surface area contributed by atoms with Gasteiger partial charge in [0.05, 0.1) is 12.3 Å². The number of hydrogen-bond donors (Lipinski definition) is 2. The van der Waals surface area contributed by atoms with Crippen molar-refractivity contribution in [2.24, 2.45) is 5.84 Å². The second-order valence-electron chi connectivity index (χ2n) is 3.48. The summed E-state index contributed by atoms with van der Waals surface area (Å²) in [4.78, 5) is 4.25. The van der Waals surface area contributed by atoms with Crippen LogP contribution in [0, 0.1) is 6.92 Å². The maximum absolute atomic E-state index is 5.56. The number of nitrogens with zero attached hydrogens (tertiary/aromatic N) is 1. The van der Waals surface area contributed by atoms with Gasteiger partial charge in [-0.1, -0.05) is 6.07 Å². The number of aryl methyl sites for hydroxylation is 1. The summed E-state index contributed by atoms with van der Waals surface area (Å²) in [6, 6.07) is 5.69. The van der Waals surface area contributed by atoms with Gasteiger partial charge in [0, 0.05) is 17.5 Å². The van der Waals surface area contributed by atoms with Crippen LogP contribution in [0.25, 0.3) is 0 Å². The summed E-state index contributed by atoms with van der Waals surface area (Å²) < 4.78 is 5.87. The van der Waals surface area contributed by atoms with E-state index in [0.29, 0.717) is 4.67 Å². The Morgan fingerprint density at radius 3 is 2.75 bits per heavy atom. The van der Waals surface area contributed by atoms with E-state index in [4.69, 9.17) is 10.3 Å². The predicted molar refractivity (Wildman–Crippen MR) is 64.5 cm³/mol. The highest BCUT2D eigenvalue weighted by Crippen LogP contribution is 2.28. The Morgan fingerprint density at radius 1 is 1.44 bits per heavy atom. The summed E-state index contributed by atoms with van der Waals surface area (Å²) in [7, 11) is 0. The Balaban J connectivity index is 2.37. The van der Waals surface area contributed by atoms with Gasteiger partial charge in [0.1, 0.15) is 0 Å². The fraction of sp³-hybridized carbons (Fsp3) is 0.182. The number of pyridine rings is 1. The molecule has 0 aliphatic heterocycles. The number of nitrogens with two attached hydrogens (primary N) is 1. The molecule has 0 radical (unpaired) electrons. The van der Waals surface area contributed by atoms with Crippen molar-refractivity contribution in [2.75, 3.05) is 0 Å². The first-order valence-electron chi connectivity index (χ1n) is 4.84. The summed E-state index contributed by atoms with van der Waals surface area (Å²) in [5.74, 6) is 5.56. The molecule has 0 saturated heterocycles. The number of rotatable bonds is 3. The first-order chi connectivity index (χ1) is 7.72. The number of halogens is 1. The van der Waals surface area contributed by atoms with Crippen LogP contribution in [0.15, 0.2) is 39.7 Å². The lowest BCUT2D eigenvalue weighted by Gasteiger charge is -2.14. The molecule has 1 atom stereocenters. The van der Waals surface area contributed by atoms with E-state index in [1.807, 2.05) is 25.1 Å². The van der Waals surface area contributed by atoms with E-state index < -0.39 is 0 Å². The molecule has 3 N–H and O–H groups in total. The smallest absolute Gasteiger partial charge is 0.174 e. The molecule has 2 heterocycles. The lowest BCUT2D eigenvalue weighted by Crippen LogP contribution is -2.28. The highest BCUT2D eigenvalue weighted by atomic mass is 79.9. The van der Waals surface area contributed by atoms with Crippen LogP contribution in [0.5, 0.6) is 0 Å². The Labute approximate surface area is 102 Å². The second kappa shape index (κ2) is 4.78. The van der Waals surface area contributed by atoms with Crippen molar-refractivity contribution >= 4 is 15.9 Å². The van der Waals surface area contributed by atoms with Crippen LogP contribution in [-0.4, -0.2) is 4.98 Å². The lowest BCUT2D eigenvalue weighted by atomic mass is 10.0. The normalized spacial score (nSPS) is 12.7.